The fourth-order valence-electron chi connectivity index (χ4n) is 2.46. The molecule has 0 bridgehead atoms. The Balaban J connectivity index is 2.11. The van der Waals surface area contributed by atoms with Gasteiger partial charge in [-0.3, -0.25) is 4.79 Å². The number of carbonyl (C=O) groups excluding carboxylic acids is 1. The van der Waals surface area contributed by atoms with Crippen molar-refractivity contribution in [1.82, 2.24) is 10.5 Å². The van der Waals surface area contributed by atoms with Crippen molar-refractivity contribution in [2.45, 2.75) is 33.4 Å². The van der Waals surface area contributed by atoms with Crippen LogP contribution < -0.4 is 10.1 Å². The molecule has 25 heavy (non-hydrogen) atoms. The van der Waals surface area contributed by atoms with E-state index < -0.39 is 6.61 Å². The Bertz CT molecular complexity index is 771. The first-order chi connectivity index (χ1) is 11.8. The average molecular weight is 415 g/mol. The van der Waals surface area contributed by atoms with Crippen molar-refractivity contribution in [2.75, 3.05) is 0 Å². The highest BCUT2D eigenvalue weighted by atomic mass is 79.9. The Kier molecular flexibility index (Phi) is 6.30. The second-order valence-corrected chi connectivity index (χ2v) is 6.28. The molecule has 2 rings (SSSR count). The minimum Gasteiger partial charge on any atom is -0.434 e. The van der Waals surface area contributed by atoms with E-state index in [-0.39, 0.29) is 17.7 Å². The number of nitrogens with zero attached hydrogens (tertiary/aromatic N) is 1. The average Bonchev–Trinajstić information content (AvgIpc) is 2.86. The van der Waals surface area contributed by atoms with Gasteiger partial charge in [0, 0.05) is 21.7 Å². The minimum absolute atomic E-state index is 0.0129. The molecule has 0 aliphatic carbocycles. The van der Waals surface area contributed by atoms with Crippen LogP contribution in [0.5, 0.6) is 5.75 Å². The van der Waals surface area contributed by atoms with Gasteiger partial charge in [0.05, 0.1) is 11.7 Å². The van der Waals surface area contributed by atoms with E-state index in [0.29, 0.717) is 21.5 Å². The second kappa shape index (κ2) is 8.24. The van der Waals surface area contributed by atoms with Gasteiger partial charge in [0.2, 0.25) is 5.91 Å². The van der Waals surface area contributed by atoms with E-state index in [0.717, 1.165) is 5.56 Å². The molecule has 1 aromatic heterocycles. The molecule has 1 aromatic carbocycles. The molecule has 0 saturated carbocycles. The van der Waals surface area contributed by atoms with E-state index in [1.165, 1.54) is 18.2 Å². The highest BCUT2D eigenvalue weighted by molar-refractivity contribution is 9.10. The third-order valence-electron chi connectivity index (χ3n) is 3.48. The van der Waals surface area contributed by atoms with Gasteiger partial charge >= 0.3 is 6.61 Å². The van der Waals surface area contributed by atoms with Gasteiger partial charge in [-0.2, -0.15) is 8.78 Å². The molecule has 1 heterocycles. The lowest BCUT2D eigenvalue weighted by atomic mass is 10.1. The van der Waals surface area contributed by atoms with E-state index in [9.17, 15) is 13.6 Å². The van der Waals surface area contributed by atoms with Crippen LogP contribution in [0, 0.1) is 13.8 Å². The topological polar surface area (TPSA) is 64.4 Å². The van der Waals surface area contributed by atoms with E-state index >= 15 is 0 Å². The van der Waals surface area contributed by atoms with Crippen molar-refractivity contribution < 1.29 is 22.8 Å². The van der Waals surface area contributed by atoms with Crippen LogP contribution in [0.4, 0.5) is 8.78 Å². The number of amides is 1. The number of hydrogen-bond acceptors (Lipinski definition) is 4. The Hall–Kier alpha value is -2.22. The van der Waals surface area contributed by atoms with Crippen molar-refractivity contribution in [3.8, 4) is 5.75 Å². The number of ether oxygens (including phenoxy) is 1. The van der Waals surface area contributed by atoms with E-state index in [4.69, 9.17) is 4.52 Å². The van der Waals surface area contributed by atoms with Gasteiger partial charge in [-0.25, -0.2) is 0 Å². The fraction of sp³-hybridized carbons (Fsp3) is 0.294. The number of aryl methyl sites for hydroxylation is 2. The molecule has 2 aromatic rings. The molecule has 0 spiro atoms. The largest absolute Gasteiger partial charge is 0.434 e. The molecule has 5 nitrogen and oxygen atoms in total. The van der Waals surface area contributed by atoms with Crippen LogP contribution in [0.1, 0.15) is 35.5 Å². The summed E-state index contributed by atoms with van der Waals surface area (Å²) in [5, 5.41) is 6.63. The lowest BCUT2D eigenvalue weighted by molar-refractivity contribution is -0.117. The standard InChI is InChI=1S/C17H17BrF2N2O3/c1-9(16-10(2)22-25-11(16)3)21-15(23)7-4-12-8-13(18)5-6-14(12)24-17(19)20/h4-9,17H,1-3H3,(H,21,23)/b7-4+. The van der Waals surface area contributed by atoms with Crippen molar-refractivity contribution in [2.24, 2.45) is 0 Å². The smallest absolute Gasteiger partial charge is 0.387 e. The number of rotatable bonds is 6. The maximum atomic E-state index is 12.5. The van der Waals surface area contributed by atoms with Gasteiger partial charge in [-0.05, 0) is 45.0 Å². The maximum absolute atomic E-state index is 12.5. The van der Waals surface area contributed by atoms with Crippen LogP contribution in [-0.2, 0) is 4.79 Å². The molecule has 1 amide bonds. The van der Waals surface area contributed by atoms with Crippen LogP contribution in [0.15, 0.2) is 33.3 Å². The van der Waals surface area contributed by atoms with Gasteiger partial charge in [0.1, 0.15) is 11.5 Å². The van der Waals surface area contributed by atoms with Crippen LogP contribution in [-0.4, -0.2) is 17.7 Å². The summed E-state index contributed by atoms with van der Waals surface area (Å²) in [4.78, 5) is 12.1. The Labute approximate surface area is 152 Å². The molecule has 8 heteroatoms. The first-order valence-electron chi connectivity index (χ1n) is 7.43. The molecule has 0 radical (unpaired) electrons. The fourth-order valence-corrected chi connectivity index (χ4v) is 2.84. The van der Waals surface area contributed by atoms with Gasteiger partial charge in [-0.1, -0.05) is 21.1 Å². The molecule has 134 valence electrons. The Morgan fingerprint density at radius 1 is 1.40 bits per heavy atom. The quantitative estimate of drug-likeness (QED) is 0.704. The zero-order chi connectivity index (χ0) is 18.6. The third-order valence-corrected chi connectivity index (χ3v) is 3.98. The minimum atomic E-state index is -2.94. The summed E-state index contributed by atoms with van der Waals surface area (Å²) in [6, 6.07) is 4.26. The molecule has 0 aliphatic heterocycles. The van der Waals surface area contributed by atoms with Gasteiger partial charge in [-0.15, -0.1) is 0 Å². The highest BCUT2D eigenvalue weighted by Gasteiger charge is 2.17. The van der Waals surface area contributed by atoms with Gasteiger partial charge < -0.3 is 14.6 Å². The zero-order valence-corrected chi connectivity index (χ0v) is 15.4. The predicted molar refractivity (Wildman–Crippen MR) is 92.3 cm³/mol. The van der Waals surface area contributed by atoms with Crippen molar-refractivity contribution in [3.63, 3.8) is 0 Å². The highest BCUT2D eigenvalue weighted by Crippen LogP contribution is 2.26. The van der Waals surface area contributed by atoms with Crippen molar-refractivity contribution in [3.05, 3.63) is 51.3 Å². The number of benzene rings is 1. The number of nitrogens with one attached hydrogen (secondary N) is 1. The molecule has 0 saturated heterocycles. The SMILES string of the molecule is Cc1noc(C)c1C(C)NC(=O)/C=C/c1cc(Br)ccc1OC(F)F. The summed E-state index contributed by atoms with van der Waals surface area (Å²) in [6.45, 7) is 2.42. The summed E-state index contributed by atoms with van der Waals surface area (Å²) in [5.74, 6) is 0.241. The molecule has 1 atom stereocenters. The maximum Gasteiger partial charge on any atom is 0.387 e. The lowest BCUT2D eigenvalue weighted by Gasteiger charge is -2.12. The van der Waals surface area contributed by atoms with Crippen molar-refractivity contribution in [1.29, 1.82) is 0 Å². The first-order valence-corrected chi connectivity index (χ1v) is 8.23. The van der Waals surface area contributed by atoms with E-state index in [2.05, 4.69) is 31.1 Å². The van der Waals surface area contributed by atoms with Crippen molar-refractivity contribution >= 4 is 27.9 Å². The number of halogens is 3. The zero-order valence-electron chi connectivity index (χ0n) is 13.8. The predicted octanol–water partition coefficient (Wildman–Crippen LogP) is 4.55. The van der Waals surface area contributed by atoms with E-state index in [1.54, 1.807) is 26.0 Å². The summed E-state index contributed by atoms with van der Waals surface area (Å²) in [6.07, 6.45) is 2.67. The monoisotopic (exact) mass is 414 g/mol. The molecule has 0 fully saturated rings. The molecular formula is C17H17BrF2N2O3. The summed E-state index contributed by atoms with van der Waals surface area (Å²) in [7, 11) is 0. The number of hydrogen-bond donors (Lipinski definition) is 1. The summed E-state index contributed by atoms with van der Waals surface area (Å²) < 4.78 is 35.1. The Morgan fingerprint density at radius 2 is 2.12 bits per heavy atom. The summed E-state index contributed by atoms with van der Waals surface area (Å²) >= 11 is 3.26. The number of aromatic nitrogens is 1. The summed E-state index contributed by atoms with van der Waals surface area (Å²) in [5.41, 5.74) is 1.87. The lowest BCUT2D eigenvalue weighted by Crippen LogP contribution is -2.25. The first kappa shape index (κ1) is 19.1. The third kappa shape index (κ3) is 5.12. The van der Waals surface area contributed by atoms with Crippen LogP contribution in [0.3, 0.4) is 0 Å². The number of carbonyl (C=O) groups is 1. The van der Waals surface area contributed by atoms with Crippen LogP contribution in [0.25, 0.3) is 6.08 Å². The van der Waals surface area contributed by atoms with Crippen LogP contribution >= 0.6 is 15.9 Å². The van der Waals surface area contributed by atoms with Gasteiger partial charge in [0.15, 0.2) is 0 Å². The van der Waals surface area contributed by atoms with E-state index in [1.807, 2.05) is 6.92 Å². The van der Waals surface area contributed by atoms with Gasteiger partial charge in [0.25, 0.3) is 0 Å². The molecule has 1 N–H and O–H groups in total. The van der Waals surface area contributed by atoms with Crippen LogP contribution in [0.2, 0.25) is 0 Å². The molecular weight excluding hydrogens is 398 g/mol. The normalized spacial score (nSPS) is 12.6. The Morgan fingerprint density at radius 3 is 2.72 bits per heavy atom. The second-order valence-electron chi connectivity index (χ2n) is 5.36. The molecule has 1 unspecified atom stereocenters. The number of alkyl halides is 2. The molecule has 0 aliphatic rings.